The minimum absolute atomic E-state index is 0.568. The smallest absolute Gasteiger partial charge is 0.172 e. The Morgan fingerprint density at radius 2 is 2.31 bits per heavy atom. The van der Waals surface area contributed by atoms with Gasteiger partial charge in [-0.1, -0.05) is 11.6 Å². The lowest BCUT2D eigenvalue weighted by molar-refractivity contribution is 0.846. The molecule has 0 fully saturated rings. The van der Waals surface area contributed by atoms with Crippen LogP contribution in [0.2, 0.25) is 5.02 Å². The molecule has 2 rings (SSSR count). The molecule has 0 bridgehead atoms. The third-order valence-corrected chi connectivity index (χ3v) is 2.22. The summed E-state index contributed by atoms with van der Waals surface area (Å²) in [4.78, 5) is 4.14. The van der Waals surface area contributed by atoms with Crippen molar-refractivity contribution < 1.29 is 0 Å². The van der Waals surface area contributed by atoms with E-state index in [9.17, 15) is 0 Å². The van der Waals surface area contributed by atoms with Gasteiger partial charge in [0.25, 0.3) is 0 Å². The molecule has 0 atom stereocenters. The van der Waals surface area contributed by atoms with E-state index in [2.05, 4.69) is 26.0 Å². The molecule has 0 amide bonds. The highest BCUT2D eigenvalue weighted by Crippen LogP contribution is 2.20. The highest BCUT2D eigenvalue weighted by Gasteiger charge is 2.04. The highest BCUT2D eigenvalue weighted by molar-refractivity contribution is 9.10. The Bertz CT molecular complexity index is 413. The number of nitrogens with zero attached hydrogens (tertiary/aromatic N) is 3. The van der Waals surface area contributed by atoms with Crippen molar-refractivity contribution in [1.82, 2.24) is 14.8 Å². The molecule has 2 heterocycles. The summed E-state index contributed by atoms with van der Waals surface area (Å²) >= 11 is 9.25. The molecule has 0 N–H and O–H groups in total. The number of hydrogen-bond donors (Lipinski definition) is 0. The van der Waals surface area contributed by atoms with Crippen molar-refractivity contribution in [3.8, 4) is 5.82 Å². The Labute approximate surface area is 88.5 Å². The average Bonchev–Trinajstić information content (AvgIpc) is 2.56. The SMILES string of the molecule is Clc1cc(Br)cnc1-n1cccn1. The molecule has 0 aromatic carbocycles. The van der Waals surface area contributed by atoms with Gasteiger partial charge >= 0.3 is 0 Å². The Morgan fingerprint density at radius 3 is 2.92 bits per heavy atom. The predicted octanol–water partition coefficient (Wildman–Crippen LogP) is 2.68. The third kappa shape index (κ3) is 1.73. The summed E-state index contributed by atoms with van der Waals surface area (Å²) in [5.74, 6) is 0.634. The van der Waals surface area contributed by atoms with Crippen LogP contribution in [0.4, 0.5) is 0 Å². The summed E-state index contributed by atoms with van der Waals surface area (Å²) < 4.78 is 2.47. The van der Waals surface area contributed by atoms with Gasteiger partial charge in [0.15, 0.2) is 5.82 Å². The van der Waals surface area contributed by atoms with Crippen molar-refractivity contribution in [3.05, 3.63) is 40.2 Å². The maximum Gasteiger partial charge on any atom is 0.172 e. The average molecular weight is 259 g/mol. The lowest BCUT2D eigenvalue weighted by Crippen LogP contribution is -1.98. The van der Waals surface area contributed by atoms with Crippen molar-refractivity contribution in [2.75, 3.05) is 0 Å². The first-order chi connectivity index (χ1) is 6.27. The van der Waals surface area contributed by atoms with Gasteiger partial charge in [-0.3, -0.25) is 0 Å². The molecule has 2 aromatic heterocycles. The van der Waals surface area contributed by atoms with Crippen LogP contribution >= 0.6 is 27.5 Å². The Kier molecular flexibility index (Phi) is 2.33. The van der Waals surface area contributed by atoms with Gasteiger partial charge in [-0.05, 0) is 28.1 Å². The van der Waals surface area contributed by atoms with Crippen molar-refractivity contribution >= 4 is 27.5 Å². The van der Waals surface area contributed by atoms with Gasteiger partial charge in [0.05, 0.1) is 5.02 Å². The van der Waals surface area contributed by atoms with Crippen molar-refractivity contribution in [1.29, 1.82) is 0 Å². The van der Waals surface area contributed by atoms with Crippen LogP contribution in [0.1, 0.15) is 0 Å². The Morgan fingerprint density at radius 1 is 1.46 bits per heavy atom. The predicted molar refractivity (Wildman–Crippen MR) is 54.1 cm³/mol. The van der Waals surface area contributed by atoms with Crippen LogP contribution in [-0.2, 0) is 0 Å². The van der Waals surface area contributed by atoms with Crippen LogP contribution in [0, 0.1) is 0 Å². The van der Waals surface area contributed by atoms with E-state index in [0.29, 0.717) is 10.8 Å². The molecule has 3 nitrogen and oxygen atoms in total. The summed E-state index contributed by atoms with van der Waals surface area (Å²) in [6, 6.07) is 3.60. The van der Waals surface area contributed by atoms with Crippen LogP contribution in [-0.4, -0.2) is 14.8 Å². The fraction of sp³-hybridized carbons (Fsp3) is 0. The molecule has 0 radical (unpaired) electrons. The number of halogens is 2. The zero-order chi connectivity index (χ0) is 9.26. The van der Waals surface area contributed by atoms with Gasteiger partial charge in [-0.2, -0.15) is 5.10 Å². The normalized spacial score (nSPS) is 10.3. The Hall–Kier alpha value is -0.870. The van der Waals surface area contributed by atoms with Gasteiger partial charge in [-0.15, -0.1) is 0 Å². The minimum atomic E-state index is 0.568. The van der Waals surface area contributed by atoms with E-state index in [1.807, 2.05) is 6.07 Å². The molecule has 0 aliphatic heterocycles. The quantitative estimate of drug-likeness (QED) is 0.787. The number of aromatic nitrogens is 3. The minimum Gasteiger partial charge on any atom is -0.235 e. The fourth-order valence-electron chi connectivity index (χ4n) is 0.970. The zero-order valence-corrected chi connectivity index (χ0v) is 8.83. The van der Waals surface area contributed by atoms with Crippen molar-refractivity contribution in [3.63, 3.8) is 0 Å². The van der Waals surface area contributed by atoms with E-state index < -0.39 is 0 Å². The van der Waals surface area contributed by atoms with Crippen LogP contribution in [0.25, 0.3) is 5.82 Å². The number of hydrogen-bond acceptors (Lipinski definition) is 2. The van der Waals surface area contributed by atoms with E-state index in [4.69, 9.17) is 11.6 Å². The van der Waals surface area contributed by atoms with Crippen molar-refractivity contribution in [2.45, 2.75) is 0 Å². The molecule has 0 saturated carbocycles. The van der Waals surface area contributed by atoms with E-state index in [-0.39, 0.29) is 0 Å². The topological polar surface area (TPSA) is 30.7 Å². The third-order valence-electron chi connectivity index (χ3n) is 1.51. The first-order valence-corrected chi connectivity index (χ1v) is 4.75. The summed E-state index contributed by atoms with van der Waals surface area (Å²) in [6.07, 6.45) is 5.16. The van der Waals surface area contributed by atoms with Gasteiger partial charge < -0.3 is 0 Å². The molecule has 0 aliphatic carbocycles. The van der Waals surface area contributed by atoms with E-state index >= 15 is 0 Å². The molecule has 13 heavy (non-hydrogen) atoms. The summed E-state index contributed by atoms with van der Waals surface area (Å²) in [6.45, 7) is 0. The molecular weight excluding hydrogens is 253 g/mol. The van der Waals surface area contributed by atoms with Crippen molar-refractivity contribution in [2.24, 2.45) is 0 Å². The van der Waals surface area contributed by atoms with Crippen LogP contribution in [0.15, 0.2) is 35.2 Å². The Balaban J connectivity index is 2.53. The number of rotatable bonds is 1. The lowest BCUT2D eigenvalue weighted by Gasteiger charge is -2.02. The van der Waals surface area contributed by atoms with E-state index in [1.54, 1.807) is 29.3 Å². The summed E-state index contributed by atoms with van der Waals surface area (Å²) in [5.41, 5.74) is 0. The maximum atomic E-state index is 5.97. The molecule has 0 unspecified atom stereocenters. The molecule has 0 spiro atoms. The van der Waals surface area contributed by atoms with E-state index in [0.717, 1.165) is 4.47 Å². The van der Waals surface area contributed by atoms with Crippen LogP contribution in [0.3, 0.4) is 0 Å². The van der Waals surface area contributed by atoms with Gasteiger partial charge in [-0.25, -0.2) is 9.67 Å². The molecular formula is C8H5BrClN3. The summed E-state index contributed by atoms with van der Waals surface area (Å²) in [7, 11) is 0. The standard InChI is InChI=1S/C8H5BrClN3/c9-6-4-7(10)8(11-5-6)13-3-1-2-12-13/h1-5H. The van der Waals surface area contributed by atoms with Crippen LogP contribution in [0.5, 0.6) is 0 Å². The zero-order valence-electron chi connectivity index (χ0n) is 6.48. The fourth-order valence-corrected chi connectivity index (χ4v) is 1.69. The van der Waals surface area contributed by atoms with Gasteiger partial charge in [0.2, 0.25) is 0 Å². The molecule has 2 aromatic rings. The monoisotopic (exact) mass is 257 g/mol. The van der Waals surface area contributed by atoms with E-state index in [1.165, 1.54) is 0 Å². The second-order valence-corrected chi connectivity index (χ2v) is 3.73. The number of pyridine rings is 1. The van der Waals surface area contributed by atoms with Gasteiger partial charge in [0.1, 0.15) is 0 Å². The largest absolute Gasteiger partial charge is 0.235 e. The van der Waals surface area contributed by atoms with Gasteiger partial charge in [0, 0.05) is 23.1 Å². The van der Waals surface area contributed by atoms with Crippen LogP contribution < -0.4 is 0 Å². The molecule has 0 aliphatic rings. The second-order valence-electron chi connectivity index (χ2n) is 2.41. The molecule has 0 saturated heterocycles. The molecule has 5 heteroatoms. The first kappa shape index (κ1) is 8.72. The first-order valence-electron chi connectivity index (χ1n) is 3.58. The summed E-state index contributed by atoms with van der Waals surface area (Å²) in [5, 5.41) is 4.60. The molecule has 66 valence electrons. The maximum absolute atomic E-state index is 5.97. The highest BCUT2D eigenvalue weighted by atomic mass is 79.9. The second kappa shape index (κ2) is 3.47. The lowest BCUT2D eigenvalue weighted by atomic mass is 10.4.